The van der Waals surface area contributed by atoms with Crippen LogP contribution in [0.3, 0.4) is 0 Å². The van der Waals surface area contributed by atoms with Crippen LogP contribution in [0.1, 0.15) is 51.7 Å². The summed E-state index contributed by atoms with van der Waals surface area (Å²) in [6.45, 7) is 9.25. The van der Waals surface area contributed by atoms with E-state index in [0.717, 1.165) is 21.9 Å². The van der Waals surface area contributed by atoms with Gasteiger partial charge < -0.3 is 15.7 Å². The molecule has 0 aromatic heterocycles. The van der Waals surface area contributed by atoms with Gasteiger partial charge in [-0.05, 0) is 63.1 Å². The average Bonchev–Trinajstić information content (AvgIpc) is 2.85. The summed E-state index contributed by atoms with van der Waals surface area (Å²) in [6, 6.07) is 18.4. The standard InChI is InChI=1S/C30H40N4O5S/c1-20-13-15-25(16-14-20)40(38,39)34-24(18-28(36)33-30(3,4)5)17-27(35)32-21(2)29(37)31-19-23-11-8-10-22-9-6-7-12-26(22)23/h6-16,21,24,27,32,34-35H,17-19H2,1-5H3,(H,31,37)(H,33,36)/t21-,24+,27?/m0/s1. The summed E-state index contributed by atoms with van der Waals surface area (Å²) >= 11 is 0. The highest BCUT2D eigenvalue weighted by Gasteiger charge is 2.27. The van der Waals surface area contributed by atoms with Crippen LogP contribution in [0.2, 0.25) is 0 Å². The summed E-state index contributed by atoms with van der Waals surface area (Å²) in [5.74, 6) is -0.688. The predicted molar refractivity (Wildman–Crippen MR) is 157 cm³/mol. The van der Waals surface area contributed by atoms with Crippen molar-refractivity contribution in [1.82, 2.24) is 20.7 Å². The molecule has 0 radical (unpaired) electrons. The monoisotopic (exact) mass is 568 g/mol. The molecule has 9 nitrogen and oxygen atoms in total. The molecule has 0 aliphatic rings. The van der Waals surface area contributed by atoms with Gasteiger partial charge in [0.05, 0.1) is 10.9 Å². The van der Waals surface area contributed by atoms with E-state index in [0.29, 0.717) is 6.54 Å². The molecule has 5 N–H and O–H groups in total. The lowest BCUT2D eigenvalue weighted by molar-refractivity contribution is -0.125. The Hall–Kier alpha value is -3.31. The number of carbonyl (C=O) groups is 2. The zero-order valence-corrected chi connectivity index (χ0v) is 24.5. The van der Waals surface area contributed by atoms with Crippen molar-refractivity contribution in [3.8, 4) is 0 Å². The highest BCUT2D eigenvalue weighted by molar-refractivity contribution is 7.89. The molecule has 1 unspecified atom stereocenters. The SMILES string of the molecule is Cc1ccc(S(=O)(=O)N[C@@H](CC(=O)NC(C)(C)C)CC(O)N[C@@H](C)C(=O)NCc2cccc3ccccc23)cc1. The second kappa shape index (κ2) is 13.4. The Kier molecular flexibility index (Phi) is 10.4. The third-order valence-electron chi connectivity index (χ3n) is 6.28. The minimum absolute atomic E-state index is 0.0583. The fourth-order valence-corrected chi connectivity index (χ4v) is 5.60. The van der Waals surface area contributed by atoms with Crippen LogP contribution >= 0.6 is 0 Å². The molecule has 3 rings (SSSR count). The number of hydrogen-bond donors (Lipinski definition) is 5. The van der Waals surface area contributed by atoms with Gasteiger partial charge in [0.25, 0.3) is 0 Å². The Morgan fingerprint density at radius 2 is 1.60 bits per heavy atom. The van der Waals surface area contributed by atoms with Gasteiger partial charge in [0.15, 0.2) is 0 Å². The van der Waals surface area contributed by atoms with Crippen LogP contribution in [0.15, 0.2) is 71.6 Å². The van der Waals surface area contributed by atoms with Crippen LogP contribution in [-0.2, 0) is 26.2 Å². The van der Waals surface area contributed by atoms with Crippen molar-refractivity contribution in [1.29, 1.82) is 0 Å². The number of nitrogens with one attached hydrogen (secondary N) is 4. The fraction of sp³-hybridized carbons (Fsp3) is 0.400. The molecule has 0 saturated heterocycles. The van der Waals surface area contributed by atoms with Gasteiger partial charge in [0, 0.05) is 31.0 Å². The number of aryl methyl sites for hydroxylation is 1. The Morgan fingerprint density at radius 1 is 0.950 bits per heavy atom. The first-order valence-electron chi connectivity index (χ1n) is 13.3. The number of sulfonamides is 1. The molecule has 3 atom stereocenters. The molecule has 0 aliphatic heterocycles. The summed E-state index contributed by atoms with van der Waals surface area (Å²) in [5, 5.41) is 21.4. The highest BCUT2D eigenvalue weighted by Crippen LogP contribution is 2.18. The van der Waals surface area contributed by atoms with Crippen molar-refractivity contribution in [2.24, 2.45) is 0 Å². The number of aliphatic hydroxyl groups excluding tert-OH is 1. The fourth-order valence-electron chi connectivity index (χ4n) is 4.35. The average molecular weight is 569 g/mol. The Labute approximate surface area is 236 Å². The van der Waals surface area contributed by atoms with Crippen LogP contribution in [0.4, 0.5) is 0 Å². The molecule has 216 valence electrons. The first-order valence-corrected chi connectivity index (χ1v) is 14.8. The zero-order valence-electron chi connectivity index (χ0n) is 23.7. The van der Waals surface area contributed by atoms with E-state index in [1.165, 1.54) is 12.1 Å². The van der Waals surface area contributed by atoms with Crippen LogP contribution in [0, 0.1) is 6.92 Å². The van der Waals surface area contributed by atoms with Crippen LogP contribution in [-0.4, -0.2) is 49.2 Å². The number of rotatable bonds is 12. The smallest absolute Gasteiger partial charge is 0.240 e. The number of benzene rings is 3. The molecule has 3 aromatic rings. The lowest BCUT2D eigenvalue weighted by Gasteiger charge is -2.26. The summed E-state index contributed by atoms with van der Waals surface area (Å²) in [4.78, 5) is 25.5. The van der Waals surface area contributed by atoms with Crippen molar-refractivity contribution in [3.05, 3.63) is 77.9 Å². The van der Waals surface area contributed by atoms with Gasteiger partial charge in [-0.2, -0.15) is 0 Å². The van der Waals surface area contributed by atoms with Crippen molar-refractivity contribution >= 4 is 32.6 Å². The summed E-state index contributed by atoms with van der Waals surface area (Å²) in [5.41, 5.74) is 1.37. The van der Waals surface area contributed by atoms with E-state index < -0.39 is 33.9 Å². The van der Waals surface area contributed by atoms with Crippen LogP contribution < -0.4 is 20.7 Å². The molecule has 0 spiro atoms. The molecule has 2 amide bonds. The topological polar surface area (TPSA) is 137 Å². The molecule has 10 heteroatoms. The molecule has 3 aromatic carbocycles. The minimum Gasteiger partial charge on any atom is -0.379 e. The summed E-state index contributed by atoms with van der Waals surface area (Å²) in [7, 11) is -3.96. The molecule has 0 heterocycles. The quantitative estimate of drug-likeness (QED) is 0.213. The lowest BCUT2D eigenvalue weighted by Crippen LogP contribution is -2.50. The third-order valence-corrected chi connectivity index (χ3v) is 7.81. The van der Waals surface area contributed by atoms with E-state index >= 15 is 0 Å². The van der Waals surface area contributed by atoms with Crippen LogP contribution in [0.5, 0.6) is 0 Å². The number of hydrogen-bond acceptors (Lipinski definition) is 6. The molecule has 0 fully saturated rings. The summed E-state index contributed by atoms with van der Waals surface area (Å²) < 4.78 is 28.6. The highest BCUT2D eigenvalue weighted by atomic mass is 32.2. The molecule has 40 heavy (non-hydrogen) atoms. The maximum Gasteiger partial charge on any atom is 0.240 e. The van der Waals surface area contributed by atoms with Crippen LogP contribution in [0.25, 0.3) is 10.8 Å². The van der Waals surface area contributed by atoms with E-state index in [4.69, 9.17) is 0 Å². The minimum atomic E-state index is -3.96. The number of aliphatic hydroxyl groups is 1. The largest absolute Gasteiger partial charge is 0.379 e. The van der Waals surface area contributed by atoms with Crippen molar-refractivity contribution in [2.75, 3.05) is 0 Å². The maximum absolute atomic E-state index is 13.0. The van der Waals surface area contributed by atoms with Crippen molar-refractivity contribution < 1.29 is 23.1 Å². The predicted octanol–water partition coefficient (Wildman–Crippen LogP) is 3.10. The normalized spacial score (nSPS) is 14.3. The molecule has 0 saturated carbocycles. The lowest BCUT2D eigenvalue weighted by atomic mass is 10.0. The Bertz CT molecular complexity index is 1410. The van der Waals surface area contributed by atoms with Crippen molar-refractivity contribution in [3.63, 3.8) is 0 Å². The van der Waals surface area contributed by atoms with E-state index in [-0.39, 0.29) is 29.6 Å². The van der Waals surface area contributed by atoms with Gasteiger partial charge in [-0.15, -0.1) is 0 Å². The van der Waals surface area contributed by atoms with Gasteiger partial charge in [0.2, 0.25) is 21.8 Å². The number of amides is 2. The van der Waals surface area contributed by atoms with Gasteiger partial charge in [0.1, 0.15) is 6.23 Å². The number of fused-ring (bicyclic) bond motifs is 1. The number of carbonyl (C=O) groups excluding carboxylic acids is 2. The maximum atomic E-state index is 13.0. The summed E-state index contributed by atoms with van der Waals surface area (Å²) in [6.07, 6.45) is -1.58. The van der Waals surface area contributed by atoms with E-state index in [2.05, 4.69) is 20.7 Å². The second-order valence-electron chi connectivity index (χ2n) is 11.1. The Balaban J connectivity index is 1.64. The van der Waals surface area contributed by atoms with Gasteiger partial charge in [-0.3, -0.25) is 14.9 Å². The van der Waals surface area contributed by atoms with Gasteiger partial charge in [-0.1, -0.05) is 60.2 Å². The molecule has 0 bridgehead atoms. The zero-order chi connectivity index (χ0) is 29.5. The first-order chi connectivity index (χ1) is 18.7. The molecular formula is C30H40N4O5S. The molecular weight excluding hydrogens is 528 g/mol. The van der Waals surface area contributed by atoms with Gasteiger partial charge >= 0.3 is 0 Å². The first kappa shape index (κ1) is 31.2. The van der Waals surface area contributed by atoms with Crippen molar-refractivity contribution in [2.45, 2.75) is 82.8 Å². The van der Waals surface area contributed by atoms with Gasteiger partial charge in [-0.25, -0.2) is 13.1 Å². The van der Waals surface area contributed by atoms with E-state index in [1.807, 2.05) is 70.2 Å². The third kappa shape index (κ3) is 9.41. The molecule has 0 aliphatic carbocycles. The second-order valence-corrected chi connectivity index (χ2v) is 12.8. The van der Waals surface area contributed by atoms with E-state index in [1.54, 1.807) is 19.1 Å². The van der Waals surface area contributed by atoms with E-state index in [9.17, 15) is 23.1 Å². The Morgan fingerprint density at radius 3 is 2.27 bits per heavy atom.